The molecule has 0 aliphatic carbocycles. The molecule has 1 aromatic carbocycles. The summed E-state index contributed by atoms with van der Waals surface area (Å²) in [5.74, 6) is -0.223. The van der Waals surface area contributed by atoms with Crippen LogP contribution in [0.2, 0.25) is 0 Å². The summed E-state index contributed by atoms with van der Waals surface area (Å²) in [5.41, 5.74) is -1.38. The molecule has 0 saturated carbocycles. The zero-order valence-electron chi connectivity index (χ0n) is 21.3. The SMILES string of the molecule is CC(C)(C)COc1cc(Br)cc(OCC(=O)OC(C)(C)C)c1OCC(=O)OC(C)(C)C.O=C=O. The van der Waals surface area contributed by atoms with Crippen LogP contribution in [-0.4, -0.2) is 49.1 Å². The number of ether oxygens (including phenoxy) is 5. The largest absolute Gasteiger partial charge is 0.489 e. The molecule has 0 spiro atoms. The third kappa shape index (κ3) is 15.3. The molecule has 0 fully saturated rings. The van der Waals surface area contributed by atoms with Gasteiger partial charge in [-0.3, -0.25) is 0 Å². The maximum Gasteiger partial charge on any atom is 0.373 e. The topological polar surface area (TPSA) is 114 Å². The summed E-state index contributed by atoms with van der Waals surface area (Å²) in [7, 11) is 0. The minimum absolute atomic E-state index is 0.109. The van der Waals surface area contributed by atoms with E-state index in [1.807, 2.05) is 20.8 Å². The Balaban J connectivity index is 0.00000343. The molecule has 0 heterocycles. The number of hydrogen-bond donors (Lipinski definition) is 0. The molecule has 0 aromatic heterocycles. The Bertz CT molecular complexity index is 853. The standard InChI is InChI=1S/C23H35BrO7.CO2/c1-21(2,3)14-29-17-11-15(24)10-16(27-12-18(25)30-22(4,5)6)20(17)28-13-19(26)31-23(7,8)9;2-1-3/h10-11H,12-14H2,1-9H3;. The van der Waals surface area contributed by atoms with Gasteiger partial charge >= 0.3 is 18.1 Å². The van der Waals surface area contributed by atoms with Crippen LogP contribution in [0.3, 0.4) is 0 Å². The number of carbonyl (C=O) groups is 2. The van der Waals surface area contributed by atoms with Crippen LogP contribution in [0.1, 0.15) is 62.3 Å². The molecule has 1 aromatic rings. The lowest BCUT2D eigenvalue weighted by molar-refractivity contribution is -0.191. The number of benzene rings is 1. The maximum atomic E-state index is 12.1. The number of halogens is 1. The van der Waals surface area contributed by atoms with Crippen molar-refractivity contribution in [3.05, 3.63) is 16.6 Å². The van der Waals surface area contributed by atoms with Gasteiger partial charge in [0, 0.05) is 4.47 Å². The lowest BCUT2D eigenvalue weighted by Gasteiger charge is -2.23. The predicted molar refractivity (Wildman–Crippen MR) is 127 cm³/mol. The van der Waals surface area contributed by atoms with Gasteiger partial charge in [0.25, 0.3) is 0 Å². The van der Waals surface area contributed by atoms with E-state index in [4.69, 9.17) is 33.3 Å². The lowest BCUT2D eigenvalue weighted by Crippen LogP contribution is -2.28. The average Bonchev–Trinajstić information content (AvgIpc) is 2.60. The molecule has 34 heavy (non-hydrogen) atoms. The second-order valence-electron chi connectivity index (χ2n) is 10.4. The molecule has 1 rings (SSSR count). The normalized spacial score (nSPS) is 11.4. The summed E-state index contributed by atoms with van der Waals surface area (Å²) >= 11 is 3.42. The van der Waals surface area contributed by atoms with E-state index >= 15 is 0 Å². The summed E-state index contributed by atoms with van der Waals surface area (Å²) < 4.78 is 28.6. The van der Waals surface area contributed by atoms with E-state index in [0.717, 1.165) is 0 Å². The van der Waals surface area contributed by atoms with Crippen molar-refractivity contribution in [3.63, 3.8) is 0 Å². The monoisotopic (exact) mass is 546 g/mol. The van der Waals surface area contributed by atoms with Crippen molar-refractivity contribution in [1.29, 1.82) is 0 Å². The molecule has 0 saturated heterocycles. The molecule has 0 bridgehead atoms. The Morgan fingerprint density at radius 3 is 1.53 bits per heavy atom. The fourth-order valence-corrected chi connectivity index (χ4v) is 2.62. The average molecular weight is 547 g/mol. The van der Waals surface area contributed by atoms with Crippen LogP contribution in [0.5, 0.6) is 17.2 Å². The molecule has 0 unspecified atom stereocenters. The van der Waals surface area contributed by atoms with Gasteiger partial charge in [-0.25, -0.2) is 9.59 Å². The quantitative estimate of drug-likeness (QED) is 0.426. The second kappa shape index (κ2) is 13.3. The van der Waals surface area contributed by atoms with Crippen molar-refractivity contribution in [3.8, 4) is 17.2 Å². The van der Waals surface area contributed by atoms with Gasteiger partial charge < -0.3 is 23.7 Å². The van der Waals surface area contributed by atoms with Crippen molar-refractivity contribution < 1.29 is 42.9 Å². The number of esters is 2. The third-order valence-electron chi connectivity index (χ3n) is 3.17. The van der Waals surface area contributed by atoms with Gasteiger partial charge in [-0.05, 0) is 59.1 Å². The van der Waals surface area contributed by atoms with E-state index in [-0.39, 0.29) is 36.3 Å². The summed E-state index contributed by atoms with van der Waals surface area (Å²) in [6, 6.07) is 3.36. The van der Waals surface area contributed by atoms with Gasteiger partial charge in [0.1, 0.15) is 11.2 Å². The van der Waals surface area contributed by atoms with E-state index in [2.05, 4.69) is 15.9 Å². The molecular formula is C24H35BrO9. The zero-order chi connectivity index (χ0) is 26.7. The predicted octanol–water partition coefficient (Wildman–Crippen LogP) is 4.73. The van der Waals surface area contributed by atoms with Crippen molar-refractivity contribution in [1.82, 2.24) is 0 Å². The second-order valence-corrected chi connectivity index (χ2v) is 11.3. The molecule has 192 valence electrons. The Morgan fingerprint density at radius 2 is 1.15 bits per heavy atom. The van der Waals surface area contributed by atoms with Gasteiger partial charge in [-0.2, -0.15) is 9.59 Å². The highest BCUT2D eigenvalue weighted by Gasteiger charge is 2.23. The molecule has 0 aliphatic rings. The fraction of sp³-hybridized carbons (Fsp3) is 0.625. The van der Waals surface area contributed by atoms with Gasteiger partial charge in [-0.15, -0.1) is 0 Å². The van der Waals surface area contributed by atoms with Crippen LogP contribution in [0.25, 0.3) is 0 Å². The highest BCUT2D eigenvalue weighted by atomic mass is 79.9. The van der Waals surface area contributed by atoms with Crippen LogP contribution < -0.4 is 14.2 Å². The van der Waals surface area contributed by atoms with Gasteiger partial charge in [0.05, 0.1) is 6.61 Å². The van der Waals surface area contributed by atoms with E-state index in [9.17, 15) is 9.59 Å². The number of rotatable bonds is 8. The van der Waals surface area contributed by atoms with E-state index in [1.165, 1.54) is 0 Å². The van der Waals surface area contributed by atoms with Crippen molar-refractivity contribution in [2.45, 2.75) is 73.5 Å². The Labute approximate surface area is 209 Å². The summed E-state index contributed by atoms with van der Waals surface area (Å²) in [4.78, 5) is 40.5. The molecule has 0 atom stereocenters. The Hall–Kier alpha value is -2.58. The zero-order valence-corrected chi connectivity index (χ0v) is 22.9. The molecule has 10 heteroatoms. The van der Waals surface area contributed by atoms with Crippen LogP contribution in [-0.2, 0) is 28.7 Å². The Kier molecular flexibility index (Phi) is 12.3. The third-order valence-corrected chi connectivity index (χ3v) is 3.62. The van der Waals surface area contributed by atoms with Crippen LogP contribution in [0.4, 0.5) is 0 Å². The molecule has 9 nitrogen and oxygen atoms in total. The van der Waals surface area contributed by atoms with E-state index < -0.39 is 23.1 Å². The molecular weight excluding hydrogens is 512 g/mol. The molecule has 0 amide bonds. The molecule has 0 N–H and O–H groups in total. The Morgan fingerprint density at radius 1 is 0.765 bits per heavy atom. The minimum atomic E-state index is -0.637. The van der Waals surface area contributed by atoms with Crippen molar-refractivity contribution in [2.24, 2.45) is 5.41 Å². The summed E-state index contributed by atoms with van der Waals surface area (Å²) in [6.45, 7) is 16.5. The van der Waals surface area contributed by atoms with Crippen molar-refractivity contribution in [2.75, 3.05) is 19.8 Å². The first-order valence-corrected chi connectivity index (χ1v) is 11.3. The van der Waals surface area contributed by atoms with E-state index in [0.29, 0.717) is 16.8 Å². The van der Waals surface area contributed by atoms with Crippen LogP contribution in [0.15, 0.2) is 16.6 Å². The summed E-state index contributed by atoms with van der Waals surface area (Å²) in [5, 5.41) is 0. The van der Waals surface area contributed by atoms with Crippen LogP contribution in [0, 0.1) is 5.41 Å². The molecule has 0 aliphatic heterocycles. The van der Waals surface area contributed by atoms with Crippen LogP contribution >= 0.6 is 15.9 Å². The van der Waals surface area contributed by atoms with E-state index in [1.54, 1.807) is 53.7 Å². The first-order chi connectivity index (χ1) is 15.4. The van der Waals surface area contributed by atoms with Gasteiger partial charge in [0.2, 0.25) is 5.75 Å². The van der Waals surface area contributed by atoms with Gasteiger partial charge in [0.15, 0.2) is 24.7 Å². The highest BCUT2D eigenvalue weighted by molar-refractivity contribution is 9.10. The smallest absolute Gasteiger partial charge is 0.373 e. The minimum Gasteiger partial charge on any atom is -0.489 e. The first-order valence-electron chi connectivity index (χ1n) is 10.5. The van der Waals surface area contributed by atoms with Gasteiger partial charge in [-0.1, -0.05) is 36.7 Å². The maximum absolute atomic E-state index is 12.1. The highest BCUT2D eigenvalue weighted by Crippen LogP contribution is 2.41. The lowest BCUT2D eigenvalue weighted by atomic mass is 9.99. The molecule has 0 radical (unpaired) electrons. The number of hydrogen-bond acceptors (Lipinski definition) is 9. The fourth-order valence-electron chi connectivity index (χ4n) is 2.21. The summed E-state index contributed by atoms with van der Waals surface area (Å²) in [6.07, 6.45) is 0.250. The van der Waals surface area contributed by atoms with Crippen molar-refractivity contribution >= 4 is 34.0 Å². The first kappa shape index (κ1) is 31.4. The number of carbonyl (C=O) groups excluding carboxylic acids is 4.